The Balaban J connectivity index is 2.79. The van der Waals surface area contributed by atoms with Crippen LogP contribution in [0.25, 0.3) is 6.08 Å². The molecule has 0 saturated carbocycles. The second kappa shape index (κ2) is 7.06. The summed E-state index contributed by atoms with van der Waals surface area (Å²) in [6.45, 7) is 6.27. The van der Waals surface area contributed by atoms with Crippen LogP contribution in [0.4, 0.5) is 0 Å². The van der Waals surface area contributed by atoms with E-state index in [-0.39, 0.29) is 0 Å². The highest BCUT2D eigenvalue weighted by atomic mass is 79.9. The van der Waals surface area contributed by atoms with E-state index >= 15 is 0 Å². The third-order valence-corrected chi connectivity index (χ3v) is 3.87. The Morgan fingerprint density at radius 3 is 2.32 bits per heavy atom. The molecule has 0 aliphatic carbocycles. The number of hydrogen-bond acceptors (Lipinski definition) is 2. The lowest BCUT2D eigenvalue weighted by Crippen LogP contribution is -2.26. The standard InChI is InChI=1S/C15H19BrO2Si/c1-19(2,3)10-9-14(17)15(18)13(16)11-12-7-5-4-6-8-12/h4-8,11,14-15,17-18H,1-3H3/b13-11+/t14-,15+/m0/s1. The summed E-state index contributed by atoms with van der Waals surface area (Å²) in [4.78, 5) is 0. The van der Waals surface area contributed by atoms with Crippen LogP contribution >= 0.6 is 15.9 Å². The van der Waals surface area contributed by atoms with Crippen molar-refractivity contribution in [2.45, 2.75) is 31.8 Å². The highest BCUT2D eigenvalue weighted by Gasteiger charge is 2.18. The van der Waals surface area contributed by atoms with Crippen LogP contribution in [0.1, 0.15) is 5.56 Å². The smallest absolute Gasteiger partial charge is 0.144 e. The molecule has 0 radical (unpaired) electrons. The van der Waals surface area contributed by atoms with E-state index in [4.69, 9.17) is 0 Å². The molecule has 0 amide bonds. The van der Waals surface area contributed by atoms with Gasteiger partial charge in [-0.25, -0.2) is 0 Å². The molecule has 102 valence electrons. The van der Waals surface area contributed by atoms with Gasteiger partial charge in [0.15, 0.2) is 0 Å². The SMILES string of the molecule is C[Si](C)(C)C#C[C@H](O)[C@H](O)/C(Br)=C\c1ccccc1. The first-order valence-electron chi connectivity index (χ1n) is 6.10. The molecule has 0 fully saturated rings. The van der Waals surface area contributed by atoms with Crippen molar-refractivity contribution in [3.63, 3.8) is 0 Å². The summed E-state index contributed by atoms with van der Waals surface area (Å²) >= 11 is 3.30. The lowest BCUT2D eigenvalue weighted by Gasteiger charge is -2.13. The first-order valence-corrected chi connectivity index (χ1v) is 10.4. The second-order valence-corrected chi connectivity index (χ2v) is 11.0. The topological polar surface area (TPSA) is 40.5 Å². The quantitative estimate of drug-likeness (QED) is 0.656. The fourth-order valence-corrected chi connectivity index (χ4v) is 2.41. The lowest BCUT2D eigenvalue weighted by atomic mass is 10.1. The van der Waals surface area contributed by atoms with Crippen molar-refractivity contribution >= 4 is 30.1 Å². The highest BCUT2D eigenvalue weighted by molar-refractivity contribution is 9.11. The predicted molar refractivity (Wildman–Crippen MR) is 86.5 cm³/mol. The van der Waals surface area contributed by atoms with Crippen LogP contribution in [0.15, 0.2) is 34.8 Å². The van der Waals surface area contributed by atoms with Gasteiger partial charge in [-0.05, 0) is 11.6 Å². The molecule has 0 heterocycles. The molecular formula is C15H19BrO2Si. The van der Waals surface area contributed by atoms with Crippen LogP contribution in [0.2, 0.25) is 19.6 Å². The van der Waals surface area contributed by atoms with Gasteiger partial charge in [-0.15, -0.1) is 5.54 Å². The van der Waals surface area contributed by atoms with Gasteiger partial charge < -0.3 is 10.2 Å². The number of halogens is 1. The summed E-state index contributed by atoms with van der Waals surface area (Å²) in [6.07, 6.45) is -0.311. The minimum Gasteiger partial charge on any atom is -0.384 e. The Hall–Kier alpha value is -0.863. The third-order valence-electron chi connectivity index (χ3n) is 2.28. The largest absolute Gasteiger partial charge is 0.384 e. The molecule has 2 atom stereocenters. The zero-order valence-corrected chi connectivity index (χ0v) is 14.0. The molecule has 1 rings (SSSR count). The Morgan fingerprint density at radius 1 is 1.21 bits per heavy atom. The minimum atomic E-state index is -1.54. The van der Waals surface area contributed by atoms with Gasteiger partial charge in [-0.1, -0.05) is 71.8 Å². The fraction of sp³-hybridized carbons (Fsp3) is 0.333. The van der Waals surface area contributed by atoms with Crippen molar-refractivity contribution in [3.05, 3.63) is 40.4 Å². The summed E-state index contributed by atoms with van der Waals surface area (Å²) in [7, 11) is -1.54. The Kier molecular flexibility index (Phi) is 6.02. The Labute approximate surface area is 124 Å². The summed E-state index contributed by atoms with van der Waals surface area (Å²) in [5.74, 6) is 2.74. The van der Waals surface area contributed by atoms with E-state index in [1.54, 1.807) is 6.08 Å². The monoisotopic (exact) mass is 338 g/mol. The van der Waals surface area contributed by atoms with E-state index in [0.717, 1.165) is 5.56 Å². The van der Waals surface area contributed by atoms with E-state index in [9.17, 15) is 10.2 Å². The average molecular weight is 339 g/mol. The molecule has 0 aliphatic heterocycles. The van der Waals surface area contributed by atoms with Crippen LogP contribution in [0, 0.1) is 11.5 Å². The van der Waals surface area contributed by atoms with E-state index in [1.165, 1.54) is 0 Å². The second-order valence-electron chi connectivity index (χ2n) is 5.35. The van der Waals surface area contributed by atoms with Gasteiger partial charge >= 0.3 is 0 Å². The van der Waals surface area contributed by atoms with Crippen LogP contribution in [-0.2, 0) is 0 Å². The van der Waals surface area contributed by atoms with Crippen molar-refractivity contribution < 1.29 is 10.2 Å². The molecule has 0 aromatic heterocycles. The number of aliphatic hydroxyl groups is 2. The molecule has 0 spiro atoms. The van der Waals surface area contributed by atoms with Crippen LogP contribution in [0.5, 0.6) is 0 Å². The maximum Gasteiger partial charge on any atom is 0.144 e. The third kappa shape index (κ3) is 6.21. The number of benzene rings is 1. The van der Waals surface area contributed by atoms with Crippen molar-refractivity contribution in [1.29, 1.82) is 0 Å². The van der Waals surface area contributed by atoms with Gasteiger partial charge in [0.2, 0.25) is 0 Å². The predicted octanol–water partition coefficient (Wildman–Crippen LogP) is 3.03. The van der Waals surface area contributed by atoms with Crippen molar-refractivity contribution in [2.75, 3.05) is 0 Å². The fourth-order valence-electron chi connectivity index (χ4n) is 1.31. The number of rotatable bonds is 3. The highest BCUT2D eigenvalue weighted by Crippen LogP contribution is 2.18. The molecule has 1 aromatic carbocycles. The zero-order chi connectivity index (χ0) is 14.5. The summed E-state index contributed by atoms with van der Waals surface area (Å²) in [5.41, 5.74) is 4.01. The van der Waals surface area contributed by atoms with E-state index in [1.807, 2.05) is 30.3 Å². The average Bonchev–Trinajstić information content (AvgIpc) is 2.35. The molecular weight excluding hydrogens is 320 g/mol. The molecule has 19 heavy (non-hydrogen) atoms. The van der Waals surface area contributed by atoms with Crippen molar-refractivity contribution in [1.82, 2.24) is 0 Å². The summed E-state index contributed by atoms with van der Waals surface area (Å²) in [5, 5.41) is 19.8. The van der Waals surface area contributed by atoms with Crippen LogP contribution < -0.4 is 0 Å². The van der Waals surface area contributed by atoms with Crippen molar-refractivity contribution in [2.24, 2.45) is 0 Å². The molecule has 4 heteroatoms. The van der Waals surface area contributed by atoms with Crippen molar-refractivity contribution in [3.8, 4) is 11.5 Å². The number of hydrogen-bond donors (Lipinski definition) is 2. The normalized spacial score (nSPS) is 15.4. The van der Waals surface area contributed by atoms with Gasteiger partial charge in [-0.2, -0.15) is 0 Å². The molecule has 1 aromatic rings. The van der Waals surface area contributed by atoms with Gasteiger partial charge in [0.25, 0.3) is 0 Å². The molecule has 0 aliphatic rings. The van der Waals surface area contributed by atoms with Gasteiger partial charge in [0.1, 0.15) is 20.3 Å². The summed E-state index contributed by atoms with van der Waals surface area (Å²) in [6, 6.07) is 9.61. The molecule has 2 N–H and O–H groups in total. The Morgan fingerprint density at radius 2 is 1.79 bits per heavy atom. The first-order chi connectivity index (χ1) is 8.79. The molecule has 2 nitrogen and oxygen atoms in total. The summed E-state index contributed by atoms with van der Waals surface area (Å²) < 4.78 is 0.524. The van der Waals surface area contributed by atoms with E-state index < -0.39 is 20.3 Å². The maximum atomic E-state index is 9.99. The van der Waals surface area contributed by atoms with Gasteiger partial charge in [-0.3, -0.25) is 0 Å². The minimum absolute atomic E-state index is 0.524. The van der Waals surface area contributed by atoms with E-state index in [2.05, 4.69) is 47.0 Å². The maximum absolute atomic E-state index is 9.99. The van der Waals surface area contributed by atoms with E-state index in [0.29, 0.717) is 4.48 Å². The van der Waals surface area contributed by atoms with Gasteiger partial charge in [0, 0.05) is 4.48 Å². The molecule has 0 unspecified atom stereocenters. The Bertz CT molecular complexity index is 494. The molecule has 0 saturated heterocycles. The van der Waals surface area contributed by atoms with Gasteiger partial charge in [0.05, 0.1) is 0 Å². The number of aliphatic hydroxyl groups excluding tert-OH is 2. The van der Waals surface area contributed by atoms with Crippen LogP contribution in [0.3, 0.4) is 0 Å². The zero-order valence-electron chi connectivity index (χ0n) is 11.4. The van der Waals surface area contributed by atoms with Crippen LogP contribution in [-0.4, -0.2) is 30.5 Å². The molecule has 0 bridgehead atoms. The lowest BCUT2D eigenvalue weighted by molar-refractivity contribution is 0.0857. The first kappa shape index (κ1) is 16.2.